The van der Waals surface area contributed by atoms with Gasteiger partial charge in [-0.05, 0) is 12.5 Å². The Hall–Kier alpha value is -0.890. The summed E-state index contributed by atoms with van der Waals surface area (Å²) >= 11 is 0. The number of aliphatic hydroxyl groups excluding tert-OH is 1. The Kier molecular flexibility index (Phi) is 2.60. The third-order valence-corrected chi connectivity index (χ3v) is 1.65. The maximum absolute atomic E-state index is 12.9. The van der Waals surface area contributed by atoms with E-state index in [0.29, 0.717) is 12.0 Å². The fourth-order valence-electron chi connectivity index (χ4n) is 0.965. The quantitative estimate of drug-likeness (QED) is 0.692. The first-order valence-corrected chi connectivity index (χ1v) is 3.68. The highest BCUT2D eigenvalue weighted by molar-refractivity contribution is 5.19. The van der Waals surface area contributed by atoms with Gasteiger partial charge in [0, 0.05) is 5.56 Å². The van der Waals surface area contributed by atoms with Gasteiger partial charge in [-0.25, -0.2) is 4.39 Å². The van der Waals surface area contributed by atoms with Gasteiger partial charge in [-0.2, -0.15) is 0 Å². The highest BCUT2D eigenvalue weighted by atomic mass is 19.1. The van der Waals surface area contributed by atoms with E-state index in [4.69, 9.17) is 0 Å². The van der Waals surface area contributed by atoms with Crippen molar-refractivity contribution in [3.63, 3.8) is 0 Å². The Bertz CT molecular complexity index is 235. The van der Waals surface area contributed by atoms with E-state index in [2.05, 4.69) is 0 Å². The molecule has 0 radical (unpaired) electrons. The van der Waals surface area contributed by atoms with Gasteiger partial charge in [0.25, 0.3) is 0 Å². The predicted octanol–water partition coefficient (Wildman–Crippen LogP) is 2.27. The Morgan fingerprint density at radius 2 is 2.09 bits per heavy atom. The smallest absolute Gasteiger partial charge is 0.128 e. The molecule has 0 aliphatic carbocycles. The molecule has 1 N–H and O–H groups in total. The summed E-state index contributed by atoms with van der Waals surface area (Å²) in [6.45, 7) is 1.82. The molecule has 1 aromatic carbocycles. The van der Waals surface area contributed by atoms with Crippen molar-refractivity contribution in [3.8, 4) is 0 Å². The minimum Gasteiger partial charge on any atom is -0.388 e. The summed E-state index contributed by atoms with van der Waals surface area (Å²) in [5, 5.41) is 9.27. The van der Waals surface area contributed by atoms with Crippen molar-refractivity contribution >= 4 is 0 Å². The second kappa shape index (κ2) is 3.49. The van der Waals surface area contributed by atoms with Crippen LogP contribution in [0.3, 0.4) is 0 Å². The number of aliphatic hydroxyl groups is 1. The largest absolute Gasteiger partial charge is 0.388 e. The van der Waals surface area contributed by atoms with Crippen LogP contribution in [0.25, 0.3) is 0 Å². The van der Waals surface area contributed by atoms with Crippen molar-refractivity contribution in [1.82, 2.24) is 0 Å². The zero-order chi connectivity index (χ0) is 8.27. The molecule has 1 rings (SSSR count). The highest BCUT2D eigenvalue weighted by Gasteiger charge is 2.08. The lowest BCUT2D eigenvalue weighted by molar-refractivity contribution is 0.169. The monoisotopic (exact) mass is 154 g/mol. The number of rotatable bonds is 2. The number of hydrogen-bond donors (Lipinski definition) is 1. The third kappa shape index (κ3) is 1.77. The second-order valence-corrected chi connectivity index (χ2v) is 2.45. The van der Waals surface area contributed by atoms with Crippen LogP contribution in [0.1, 0.15) is 25.0 Å². The molecule has 1 atom stereocenters. The Morgan fingerprint density at radius 3 is 2.64 bits per heavy atom. The molecule has 1 nitrogen and oxygen atoms in total. The van der Waals surface area contributed by atoms with Gasteiger partial charge in [-0.15, -0.1) is 0 Å². The van der Waals surface area contributed by atoms with Gasteiger partial charge in [-0.1, -0.05) is 25.1 Å². The van der Waals surface area contributed by atoms with Crippen LogP contribution >= 0.6 is 0 Å². The van der Waals surface area contributed by atoms with E-state index in [9.17, 15) is 9.50 Å². The predicted molar refractivity (Wildman–Crippen MR) is 41.7 cm³/mol. The maximum atomic E-state index is 12.9. The molecular formula is C9H11FO. The molecule has 11 heavy (non-hydrogen) atoms. The standard InChI is InChI=1S/C9H11FO/c1-2-9(11)7-5-3-4-6-8(7)10/h3-6,9,11H,2H2,1H3. The molecule has 0 saturated heterocycles. The molecule has 0 fully saturated rings. The molecule has 0 spiro atoms. The van der Waals surface area contributed by atoms with Crippen LogP contribution in [0.4, 0.5) is 4.39 Å². The van der Waals surface area contributed by atoms with Gasteiger partial charge in [0.1, 0.15) is 5.82 Å². The number of benzene rings is 1. The highest BCUT2D eigenvalue weighted by Crippen LogP contribution is 2.18. The molecule has 60 valence electrons. The molecule has 1 aromatic rings. The number of halogens is 1. The number of hydrogen-bond acceptors (Lipinski definition) is 1. The van der Waals surface area contributed by atoms with Gasteiger partial charge >= 0.3 is 0 Å². The van der Waals surface area contributed by atoms with Crippen LogP contribution in [-0.2, 0) is 0 Å². The Balaban J connectivity index is 2.93. The fraction of sp³-hybridized carbons (Fsp3) is 0.333. The van der Waals surface area contributed by atoms with Crippen molar-refractivity contribution in [3.05, 3.63) is 35.6 Å². The van der Waals surface area contributed by atoms with E-state index < -0.39 is 6.10 Å². The Labute approximate surface area is 65.5 Å². The summed E-state index contributed by atoms with van der Waals surface area (Å²) in [7, 11) is 0. The molecule has 0 aliphatic heterocycles. The van der Waals surface area contributed by atoms with Crippen LogP contribution in [0, 0.1) is 5.82 Å². The molecule has 0 saturated carbocycles. The summed E-state index contributed by atoms with van der Waals surface area (Å²) in [4.78, 5) is 0. The zero-order valence-corrected chi connectivity index (χ0v) is 6.42. The molecule has 2 heteroatoms. The lowest BCUT2D eigenvalue weighted by atomic mass is 10.1. The van der Waals surface area contributed by atoms with Crippen molar-refractivity contribution in [1.29, 1.82) is 0 Å². The van der Waals surface area contributed by atoms with Crippen molar-refractivity contribution in [2.75, 3.05) is 0 Å². The normalized spacial score (nSPS) is 13.0. The van der Waals surface area contributed by atoms with Crippen LogP contribution < -0.4 is 0 Å². The molecule has 1 unspecified atom stereocenters. The summed E-state index contributed by atoms with van der Waals surface area (Å²) < 4.78 is 12.9. The van der Waals surface area contributed by atoms with Crippen molar-refractivity contribution < 1.29 is 9.50 Å². The van der Waals surface area contributed by atoms with Crippen LogP contribution in [0.15, 0.2) is 24.3 Å². The van der Waals surface area contributed by atoms with Crippen LogP contribution in [0.2, 0.25) is 0 Å². The first-order valence-electron chi connectivity index (χ1n) is 3.68. The van der Waals surface area contributed by atoms with E-state index in [0.717, 1.165) is 0 Å². The molecular weight excluding hydrogens is 143 g/mol. The summed E-state index contributed by atoms with van der Waals surface area (Å²) in [6, 6.07) is 6.29. The van der Waals surface area contributed by atoms with E-state index >= 15 is 0 Å². The molecule has 0 heterocycles. The van der Waals surface area contributed by atoms with E-state index in [1.807, 2.05) is 6.92 Å². The van der Waals surface area contributed by atoms with Crippen LogP contribution in [0.5, 0.6) is 0 Å². The summed E-state index contributed by atoms with van der Waals surface area (Å²) in [5.41, 5.74) is 0.384. The molecule has 0 aliphatic rings. The summed E-state index contributed by atoms with van der Waals surface area (Å²) in [5.74, 6) is -0.332. The first kappa shape index (κ1) is 8.21. The lowest BCUT2D eigenvalue weighted by Crippen LogP contribution is -1.97. The van der Waals surface area contributed by atoms with Gasteiger partial charge < -0.3 is 5.11 Å². The molecule has 0 bridgehead atoms. The van der Waals surface area contributed by atoms with Gasteiger partial charge in [-0.3, -0.25) is 0 Å². The maximum Gasteiger partial charge on any atom is 0.128 e. The topological polar surface area (TPSA) is 20.2 Å². The molecule has 0 aromatic heterocycles. The third-order valence-electron chi connectivity index (χ3n) is 1.65. The summed E-state index contributed by atoms with van der Waals surface area (Å²) in [6.07, 6.45) is -0.128. The van der Waals surface area contributed by atoms with E-state index in [1.54, 1.807) is 18.2 Å². The molecule has 0 amide bonds. The van der Waals surface area contributed by atoms with Gasteiger partial charge in [0.05, 0.1) is 6.10 Å². The van der Waals surface area contributed by atoms with Crippen LogP contribution in [-0.4, -0.2) is 5.11 Å². The average molecular weight is 154 g/mol. The van der Waals surface area contributed by atoms with E-state index in [1.165, 1.54) is 6.07 Å². The first-order chi connectivity index (χ1) is 5.25. The van der Waals surface area contributed by atoms with Gasteiger partial charge in [0.2, 0.25) is 0 Å². The lowest BCUT2D eigenvalue weighted by Gasteiger charge is -2.07. The average Bonchev–Trinajstić information content (AvgIpc) is 2.04. The van der Waals surface area contributed by atoms with Crippen molar-refractivity contribution in [2.24, 2.45) is 0 Å². The fourth-order valence-corrected chi connectivity index (χ4v) is 0.965. The minimum absolute atomic E-state index is 0.332. The minimum atomic E-state index is -0.670. The zero-order valence-electron chi connectivity index (χ0n) is 6.42. The Morgan fingerprint density at radius 1 is 1.45 bits per heavy atom. The second-order valence-electron chi connectivity index (χ2n) is 2.45. The van der Waals surface area contributed by atoms with Crippen molar-refractivity contribution in [2.45, 2.75) is 19.4 Å². The van der Waals surface area contributed by atoms with Gasteiger partial charge in [0.15, 0.2) is 0 Å². The van der Waals surface area contributed by atoms with E-state index in [-0.39, 0.29) is 5.82 Å². The SMILES string of the molecule is CCC(O)c1ccccc1F.